The Morgan fingerprint density at radius 2 is 2.00 bits per heavy atom. The summed E-state index contributed by atoms with van der Waals surface area (Å²) >= 11 is 0. The first kappa shape index (κ1) is 23.4. The van der Waals surface area contributed by atoms with Gasteiger partial charge in [0.1, 0.15) is 12.4 Å². The van der Waals surface area contributed by atoms with Crippen LogP contribution in [0, 0.1) is 0 Å². The quantitative estimate of drug-likeness (QED) is 0.135. The molecule has 0 bridgehead atoms. The number of nitrogens with two attached hydrogens (primary N) is 1. The normalized spacial score (nSPS) is 12.8. The number of anilines is 1. The number of carbonyl (C=O) groups excluding carboxylic acids is 3. The lowest BCUT2D eigenvalue weighted by Gasteiger charge is -2.18. The Morgan fingerprint density at radius 3 is 2.79 bits per heavy atom. The van der Waals surface area contributed by atoms with Crippen LogP contribution in [0.3, 0.4) is 0 Å². The minimum absolute atomic E-state index is 0.135. The van der Waals surface area contributed by atoms with E-state index >= 15 is 0 Å². The second-order valence-corrected chi connectivity index (χ2v) is 6.95. The second-order valence-electron chi connectivity index (χ2n) is 6.95. The van der Waals surface area contributed by atoms with Crippen LogP contribution in [0.25, 0.3) is 0 Å². The number of nitrogens with zero attached hydrogens (tertiary/aromatic N) is 1. The van der Waals surface area contributed by atoms with Gasteiger partial charge in [-0.2, -0.15) is 5.10 Å². The molecule has 1 aliphatic heterocycles. The molecule has 2 aromatic rings. The third kappa shape index (κ3) is 6.60. The van der Waals surface area contributed by atoms with Gasteiger partial charge in [-0.25, -0.2) is 4.79 Å². The van der Waals surface area contributed by atoms with Gasteiger partial charge in [0, 0.05) is 17.7 Å². The topological polar surface area (TPSA) is 153 Å². The van der Waals surface area contributed by atoms with Crippen molar-refractivity contribution in [2.24, 2.45) is 10.9 Å². The van der Waals surface area contributed by atoms with Crippen molar-refractivity contribution in [2.75, 3.05) is 25.3 Å². The van der Waals surface area contributed by atoms with Gasteiger partial charge in [-0.05, 0) is 42.8 Å². The van der Waals surface area contributed by atoms with Crippen molar-refractivity contribution >= 4 is 29.8 Å². The van der Waals surface area contributed by atoms with Crippen LogP contribution in [0.15, 0.2) is 47.6 Å². The summed E-state index contributed by atoms with van der Waals surface area (Å²) in [7, 11) is 0. The molecule has 1 atom stereocenters. The molecule has 11 nitrogen and oxygen atoms in total. The molecule has 5 N–H and O–H groups in total. The molecular weight excluding hydrogens is 430 g/mol. The molecule has 0 saturated heterocycles. The Bertz CT molecular complexity index is 1040. The zero-order valence-corrected chi connectivity index (χ0v) is 18.0. The Balaban J connectivity index is 1.59. The van der Waals surface area contributed by atoms with Crippen molar-refractivity contribution < 1.29 is 28.6 Å². The van der Waals surface area contributed by atoms with Gasteiger partial charge >= 0.3 is 5.97 Å². The molecule has 11 heteroatoms. The fourth-order valence-electron chi connectivity index (χ4n) is 3.11. The summed E-state index contributed by atoms with van der Waals surface area (Å²) in [6.45, 7) is 1.66. The van der Waals surface area contributed by atoms with Crippen LogP contribution in [0.5, 0.6) is 11.5 Å². The second kappa shape index (κ2) is 11.4. The van der Waals surface area contributed by atoms with Gasteiger partial charge < -0.3 is 36.0 Å². The lowest BCUT2D eigenvalue weighted by Crippen LogP contribution is -2.47. The largest absolute Gasteiger partial charge is 0.464 e. The van der Waals surface area contributed by atoms with Gasteiger partial charge in [0.25, 0.3) is 5.91 Å². The molecule has 0 aromatic heterocycles. The molecule has 1 heterocycles. The summed E-state index contributed by atoms with van der Waals surface area (Å²) < 4.78 is 15.7. The van der Waals surface area contributed by atoms with E-state index in [1.165, 1.54) is 6.34 Å². The van der Waals surface area contributed by atoms with Crippen LogP contribution < -0.4 is 31.3 Å². The van der Waals surface area contributed by atoms with Crippen LogP contribution in [0.2, 0.25) is 0 Å². The van der Waals surface area contributed by atoms with Gasteiger partial charge in [0.15, 0.2) is 11.5 Å². The molecule has 0 aliphatic carbocycles. The van der Waals surface area contributed by atoms with Gasteiger partial charge in [-0.1, -0.05) is 12.1 Å². The van der Waals surface area contributed by atoms with Crippen LogP contribution in [-0.4, -0.2) is 50.1 Å². The van der Waals surface area contributed by atoms with E-state index in [0.29, 0.717) is 22.7 Å². The predicted octanol–water partition coefficient (Wildman–Crippen LogP) is 0.750. The summed E-state index contributed by atoms with van der Waals surface area (Å²) in [5.74, 6) is 4.67. The number of hydrogen-bond donors (Lipinski definition) is 4. The number of amides is 2. The van der Waals surface area contributed by atoms with E-state index in [4.69, 9.17) is 20.1 Å². The summed E-state index contributed by atoms with van der Waals surface area (Å²) in [6.07, 6.45) is 1.46. The number of carbonyl (C=O) groups is 3. The lowest BCUT2D eigenvalue weighted by atomic mass is 10.1. The maximum absolute atomic E-state index is 12.5. The SMILES string of the molecule is CCOC(=O)C(Cc1ccc2c(c1)OCO2)NC(=O)CNC(=O)c1cccc(NC=NN)c1. The third-order valence-corrected chi connectivity index (χ3v) is 4.62. The van der Waals surface area contributed by atoms with E-state index in [9.17, 15) is 14.4 Å². The van der Waals surface area contributed by atoms with E-state index < -0.39 is 23.8 Å². The predicted molar refractivity (Wildman–Crippen MR) is 120 cm³/mol. The first-order valence-electron chi connectivity index (χ1n) is 10.2. The summed E-state index contributed by atoms with van der Waals surface area (Å²) in [6, 6.07) is 10.9. The highest BCUT2D eigenvalue weighted by Gasteiger charge is 2.24. The summed E-state index contributed by atoms with van der Waals surface area (Å²) in [4.78, 5) is 37.3. The number of esters is 1. The molecule has 3 rings (SSSR count). The number of hydrogen-bond acceptors (Lipinski definition) is 8. The Hall–Kier alpha value is -4.28. The van der Waals surface area contributed by atoms with E-state index in [2.05, 4.69) is 21.1 Å². The molecule has 0 spiro atoms. The number of hydrazone groups is 1. The van der Waals surface area contributed by atoms with Crippen molar-refractivity contribution in [3.8, 4) is 11.5 Å². The maximum atomic E-state index is 12.5. The number of rotatable bonds is 10. The molecule has 0 fully saturated rings. The van der Waals surface area contributed by atoms with E-state index in [0.717, 1.165) is 5.56 Å². The Labute approximate surface area is 190 Å². The van der Waals surface area contributed by atoms with Crippen molar-refractivity contribution in [2.45, 2.75) is 19.4 Å². The zero-order chi connectivity index (χ0) is 23.6. The lowest BCUT2D eigenvalue weighted by molar-refractivity contribution is -0.147. The van der Waals surface area contributed by atoms with Crippen LogP contribution in [0.1, 0.15) is 22.8 Å². The van der Waals surface area contributed by atoms with Gasteiger partial charge in [-0.15, -0.1) is 0 Å². The highest BCUT2D eigenvalue weighted by Crippen LogP contribution is 2.32. The average Bonchev–Trinajstić information content (AvgIpc) is 3.29. The fraction of sp³-hybridized carbons (Fsp3) is 0.273. The van der Waals surface area contributed by atoms with Gasteiger partial charge in [0.05, 0.1) is 13.2 Å². The molecular formula is C22H25N5O6. The van der Waals surface area contributed by atoms with Crippen LogP contribution in [0.4, 0.5) is 5.69 Å². The molecule has 1 aliphatic rings. The number of ether oxygens (including phenoxy) is 3. The first-order valence-corrected chi connectivity index (χ1v) is 10.2. The van der Waals surface area contributed by atoms with Crippen molar-refractivity contribution in [1.82, 2.24) is 10.6 Å². The van der Waals surface area contributed by atoms with Gasteiger partial charge in [0.2, 0.25) is 12.7 Å². The highest BCUT2D eigenvalue weighted by atomic mass is 16.7. The average molecular weight is 455 g/mol. The molecule has 1 unspecified atom stereocenters. The van der Waals surface area contributed by atoms with Crippen LogP contribution >= 0.6 is 0 Å². The van der Waals surface area contributed by atoms with Crippen molar-refractivity contribution in [1.29, 1.82) is 0 Å². The monoisotopic (exact) mass is 455 g/mol. The van der Waals surface area contributed by atoms with E-state index in [-0.39, 0.29) is 26.4 Å². The Kier molecular flexibility index (Phi) is 8.06. The highest BCUT2D eigenvalue weighted by molar-refractivity contribution is 5.98. The minimum atomic E-state index is -0.933. The maximum Gasteiger partial charge on any atom is 0.328 e. The smallest absolute Gasteiger partial charge is 0.328 e. The fourth-order valence-corrected chi connectivity index (χ4v) is 3.11. The first-order chi connectivity index (χ1) is 16.0. The van der Waals surface area contributed by atoms with E-state index in [1.807, 2.05) is 0 Å². The third-order valence-electron chi connectivity index (χ3n) is 4.62. The zero-order valence-electron chi connectivity index (χ0n) is 18.0. The molecule has 2 aromatic carbocycles. The summed E-state index contributed by atoms with van der Waals surface area (Å²) in [5.41, 5.74) is 1.69. The molecule has 2 amide bonds. The number of benzene rings is 2. The van der Waals surface area contributed by atoms with E-state index in [1.54, 1.807) is 49.4 Å². The molecule has 33 heavy (non-hydrogen) atoms. The minimum Gasteiger partial charge on any atom is -0.464 e. The Morgan fingerprint density at radius 1 is 1.18 bits per heavy atom. The molecule has 0 radical (unpaired) electrons. The molecule has 174 valence electrons. The standard InChI is InChI=1S/C22H25N5O6/c1-2-31-22(30)17(8-14-6-7-18-19(9-14)33-13-32-18)27-20(28)11-24-21(29)15-4-3-5-16(10-15)25-12-26-23/h3-7,9-10,12,17H,2,8,11,13,23H2,1H3,(H,24,29)(H,25,26)(H,27,28). The molecule has 0 saturated carbocycles. The number of fused-ring (bicyclic) bond motifs is 1. The van der Waals surface area contributed by atoms with Crippen molar-refractivity contribution in [3.63, 3.8) is 0 Å². The van der Waals surface area contributed by atoms with Gasteiger partial charge in [-0.3, -0.25) is 9.59 Å². The summed E-state index contributed by atoms with van der Waals surface area (Å²) in [5, 5.41) is 11.3. The van der Waals surface area contributed by atoms with Crippen molar-refractivity contribution in [3.05, 3.63) is 53.6 Å². The number of nitrogens with one attached hydrogen (secondary N) is 3. The van der Waals surface area contributed by atoms with Crippen LogP contribution in [-0.2, 0) is 20.7 Å².